The predicted octanol–water partition coefficient (Wildman–Crippen LogP) is 5.34. The first-order chi connectivity index (χ1) is 14.7. The second-order valence-electron chi connectivity index (χ2n) is 6.90. The lowest BCUT2D eigenvalue weighted by molar-refractivity contribution is 0.174. The average molecular weight is 426 g/mol. The highest BCUT2D eigenvalue weighted by atomic mass is 35.5. The molecule has 0 unspecified atom stereocenters. The zero-order chi connectivity index (χ0) is 20.8. The monoisotopic (exact) mass is 425 g/mol. The lowest BCUT2D eigenvalue weighted by atomic mass is 10.1. The SMILES string of the molecule is CCOc1cc(CNCc2ccc3c(c2)OCO3)cc(Cl)c1OCc1ccccc1. The van der Waals surface area contributed by atoms with E-state index in [1.54, 1.807) is 0 Å². The van der Waals surface area contributed by atoms with Crippen molar-refractivity contribution in [3.63, 3.8) is 0 Å². The molecule has 0 fully saturated rings. The molecule has 30 heavy (non-hydrogen) atoms. The van der Waals surface area contributed by atoms with Crippen molar-refractivity contribution in [1.29, 1.82) is 0 Å². The molecular formula is C24H24ClNO4. The summed E-state index contributed by atoms with van der Waals surface area (Å²) in [6.07, 6.45) is 0. The Labute approximate surface area is 181 Å². The molecule has 0 saturated carbocycles. The molecule has 0 aromatic heterocycles. The Balaban J connectivity index is 1.40. The van der Waals surface area contributed by atoms with E-state index < -0.39 is 0 Å². The fraction of sp³-hybridized carbons (Fsp3) is 0.250. The van der Waals surface area contributed by atoms with Gasteiger partial charge in [0.15, 0.2) is 23.0 Å². The number of benzene rings is 3. The molecule has 3 aromatic carbocycles. The standard InChI is InChI=1S/C24H24ClNO4/c1-2-27-23-12-19(10-20(25)24(23)28-15-17-6-4-3-5-7-17)14-26-13-18-8-9-21-22(11-18)30-16-29-21/h3-12,26H,2,13-16H2,1H3. The smallest absolute Gasteiger partial charge is 0.231 e. The van der Waals surface area contributed by atoms with Crippen LogP contribution < -0.4 is 24.3 Å². The van der Waals surface area contributed by atoms with Crippen LogP contribution in [0.3, 0.4) is 0 Å². The van der Waals surface area contributed by atoms with Gasteiger partial charge in [0.1, 0.15) is 6.61 Å². The first-order valence-corrected chi connectivity index (χ1v) is 10.3. The van der Waals surface area contributed by atoms with E-state index in [0.29, 0.717) is 42.8 Å². The van der Waals surface area contributed by atoms with Crippen LogP contribution >= 0.6 is 11.6 Å². The molecule has 1 aliphatic heterocycles. The number of nitrogens with one attached hydrogen (secondary N) is 1. The van der Waals surface area contributed by atoms with E-state index in [-0.39, 0.29) is 6.79 Å². The van der Waals surface area contributed by atoms with Gasteiger partial charge in [-0.15, -0.1) is 0 Å². The normalized spacial score (nSPS) is 12.1. The largest absolute Gasteiger partial charge is 0.490 e. The fourth-order valence-electron chi connectivity index (χ4n) is 3.26. The molecule has 0 amide bonds. The maximum Gasteiger partial charge on any atom is 0.231 e. The molecule has 0 aliphatic carbocycles. The summed E-state index contributed by atoms with van der Waals surface area (Å²) in [4.78, 5) is 0. The first kappa shape index (κ1) is 20.4. The van der Waals surface area contributed by atoms with Crippen molar-refractivity contribution in [2.45, 2.75) is 26.6 Å². The molecule has 0 atom stereocenters. The third-order valence-electron chi connectivity index (χ3n) is 4.69. The summed E-state index contributed by atoms with van der Waals surface area (Å²) in [7, 11) is 0. The molecule has 1 aliphatic rings. The molecule has 0 radical (unpaired) electrons. The Kier molecular flexibility index (Phi) is 6.62. The van der Waals surface area contributed by atoms with Gasteiger partial charge in [-0.05, 0) is 47.9 Å². The van der Waals surface area contributed by atoms with E-state index in [1.165, 1.54) is 0 Å². The zero-order valence-electron chi connectivity index (χ0n) is 16.8. The highest BCUT2D eigenvalue weighted by Crippen LogP contribution is 2.37. The van der Waals surface area contributed by atoms with E-state index in [4.69, 9.17) is 30.5 Å². The van der Waals surface area contributed by atoms with Crippen molar-refractivity contribution >= 4 is 11.6 Å². The summed E-state index contributed by atoms with van der Waals surface area (Å²) in [5.74, 6) is 2.80. The molecule has 1 N–H and O–H groups in total. The van der Waals surface area contributed by atoms with E-state index in [1.807, 2.05) is 67.6 Å². The van der Waals surface area contributed by atoms with Crippen molar-refractivity contribution in [1.82, 2.24) is 5.32 Å². The predicted molar refractivity (Wildman–Crippen MR) is 117 cm³/mol. The average Bonchev–Trinajstić information content (AvgIpc) is 3.22. The summed E-state index contributed by atoms with van der Waals surface area (Å²) in [5, 5.41) is 3.97. The van der Waals surface area contributed by atoms with E-state index in [0.717, 1.165) is 28.2 Å². The molecule has 1 heterocycles. The molecule has 0 spiro atoms. The Hall–Kier alpha value is -2.89. The number of rotatable bonds is 9. The molecule has 0 bridgehead atoms. The van der Waals surface area contributed by atoms with Gasteiger partial charge in [0.05, 0.1) is 11.6 Å². The Morgan fingerprint density at radius 2 is 1.67 bits per heavy atom. The minimum absolute atomic E-state index is 0.281. The van der Waals surface area contributed by atoms with Gasteiger partial charge in [-0.2, -0.15) is 0 Å². The summed E-state index contributed by atoms with van der Waals surface area (Å²) < 4.78 is 22.6. The first-order valence-electron chi connectivity index (χ1n) is 9.94. The third-order valence-corrected chi connectivity index (χ3v) is 4.97. The fourth-order valence-corrected chi connectivity index (χ4v) is 3.55. The van der Waals surface area contributed by atoms with Crippen LogP contribution in [0.4, 0.5) is 0 Å². The Morgan fingerprint density at radius 1 is 0.867 bits per heavy atom. The van der Waals surface area contributed by atoms with Gasteiger partial charge in [-0.3, -0.25) is 0 Å². The van der Waals surface area contributed by atoms with Crippen molar-refractivity contribution in [3.05, 3.63) is 82.4 Å². The minimum Gasteiger partial charge on any atom is -0.490 e. The topological polar surface area (TPSA) is 49.0 Å². The number of hydrogen-bond donors (Lipinski definition) is 1. The van der Waals surface area contributed by atoms with Gasteiger partial charge < -0.3 is 24.3 Å². The lowest BCUT2D eigenvalue weighted by Crippen LogP contribution is -2.13. The molecule has 0 saturated heterocycles. The van der Waals surface area contributed by atoms with Crippen LogP contribution in [0.5, 0.6) is 23.0 Å². The maximum atomic E-state index is 6.53. The molecule has 156 valence electrons. The van der Waals surface area contributed by atoms with Crippen LogP contribution in [-0.4, -0.2) is 13.4 Å². The van der Waals surface area contributed by atoms with Crippen molar-refractivity contribution in [2.75, 3.05) is 13.4 Å². The molecule has 4 rings (SSSR count). The number of fused-ring (bicyclic) bond motifs is 1. The van der Waals surface area contributed by atoms with E-state index in [2.05, 4.69) is 5.32 Å². The van der Waals surface area contributed by atoms with Crippen LogP contribution in [0, 0.1) is 0 Å². The summed E-state index contributed by atoms with van der Waals surface area (Å²) in [6, 6.07) is 19.8. The summed E-state index contributed by atoms with van der Waals surface area (Å²) >= 11 is 6.53. The number of halogens is 1. The molecule has 6 heteroatoms. The zero-order valence-corrected chi connectivity index (χ0v) is 17.6. The Morgan fingerprint density at radius 3 is 2.50 bits per heavy atom. The van der Waals surface area contributed by atoms with Gasteiger partial charge in [-0.25, -0.2) is 0 Å². The number of ether oxygens (including phenoxy) is 4. The second-order valence-corrected chi connectivity index (χ2v) is 7.31. The van der Waals surface area contributed by atoms with Crippen LogP contribution in [0.15, 0.2) is 60.7 Å². The van der Waals surface area contributed by atoms with E-state index in [9.17, 15) is 0 Å². The van der Waals surface area contributed by atoms with Crippen LogP contribution in [0.25, 0.3) is 0 Å². The second kappa shape index (κ2) is 9.74. The van der Waals surface area contributed by atoms with Gasteiger partial charge in [0, 0.05) is 13.1 Å². The van der Waals surface area contributed by atoms with E-state index >= 15 is 0 Å². The lowest BCUT2D eigenvalue weighted by Gasteiger charge is -2.16. The third kappa shape index (κ3) is 4.99. The van der Waals surface area contributed by atoms with Gasteiger partial charge in [0.25, 0.3) is 0 Å². The van der Waals surface area contributed by atoms with Crippen LogP contribution in [-0.2, 0) is 19.7 Å². The quantitative estimate of drug-likeness (QED) is 0.501. The highest BCUT2D eigenvalue weighted by molar-refractivity contribution is 6.32. The molecular weight excluding hydrogens is 402 g/mol. The van der Waals surface area contributed by atoms with Crippen LogP contribution in [0.2, 0.25) is 5.02 Å². The maximum absolute atomic E-state index is 6.53. The van der Waals surface area contributed by atoms with Crippen molar-refractivity contribution in [2.24, 2.45) is 0 Å². The highest BCUT2D eigenvalue weighted by Gasteiger charge is 2.14. The summed E-state index contributed by atoms with van der Waals surface area (Å²) in [5.41, 5.74) is 3.22. The summed E-state index contributed by atoms with van der Waals surface area (Å²) in [6.45, 7) is 4.54. The molecule has 3 aromatic rings. The minimum atomic E-state index is 0.281. The van der Waals surface area contributed by atoms with Gasteiger partial charge >= 0.3 is 0 Å². The van der Waals surface area contributed by atoms with Crippen LogP contribution in [0.1, 0.15) is 23.6 Å². The van der Waals surface area contributed by atoms with Gasteiger partial charge in [-0.1, -0.05) is 48.0 Å². The Bertz CT molecular complexity index is 994. The molecule has 5 nitrogen and oxygen atoms in total. The number of hydrogen-bond acceptors (Lipinski definition) is 5. The van der Waals surface area contributed by atoms with Crippen molar-refractivity contribution < 1.29 is 18.9 Å². The van der Waals surface area contributed by atoms with Crippen molar-refractivity contribution in [3.8, 4) is 23.0 Å². The van der Waals surface area contributed by atoms with Gasteiger partial charge in [0.2, 0.25) is 6.79 Å².